The molecule has 0 fully saturated rings. The fraction of sp³-hybridized carbons (Fsp3) is 0.174. The molecule has 4 aromatic heterocycles. The van der Waals surface area contributed by atoms with Crippen molar-refractivity contribution in [1.29, 1.82) is 0 Å². The standard InChI is InChI=1S/C46H40N10/c1-45(2,3)43-53-38(29-14-9-7-10-15-29)51-40(55-43)32-22-20-31(21-23-32)36-48-37(33-24-26-47-27-25-33)50-41(49-36)34-18-13-19-35(28-34)42-52-39(30-16-11-8-12-17-30)54-44(56-42)46(4,5)6/h7-28H,1-6H3. The van der Waals surface area contributed by atoms with Crippen LogP contribution in [0.2, 0.25) is 0 Å². The highest BCUT2D eigenvalue weighted by Gasteiger charge is 2.23. The van der Waals surface area contributed by atoms with Crippen LogP contribution in [0.25, 0.3) is 79.7 Å². The Morgan fingerprint density at radius 1 is 0.286 bits per heavy atom. The maximum atomic E-state index is 5.03. The lowest BCUT2D eigenvalue weighted by Gasteiger charge is -2.18. The van der Waals surface area contributed by atoms with Crippen molar-refractivity contribution in [2.24, 2.45) is 0 Å². The van der Waals surface area contributed by atoms with Crippen LogP contribution in [0.4, 0.5) is 0 Å². The Bertz CT molecular complexity index is 2630. The molecule has 0 aliphatic heterocycles. The summed E-state index contributed by atoms with van der Waals surface area (Å²) in [5.41, 5.74) is 5.42. The van der Waals surface area contributed by atoms with Gasteiger partial charge < -0.3 is 0 Å². The van der Waals surface area contributed by atoms with Crippen molar-refractivity contribution < 1.29 is 0 Å². The predicted octanol–water partition coefficient (Wildman–Crippen LogP) is 9.90. The third kappa shape index (κ3) is 7.81. The zero-order valence-electron chi connectivity index (χ0n) is 32.2. The molecule has 0 spiro atoms. The molecule has 0 saturated heterocycles. The van der Waals surface area contributed by atoms with Crippen LogP contribution in [-0.4, -0.2) is 49.8 Å². The van der Waals surface area contributed by atoms with Crippen LogP contribution < -0.4 is 0 Å². The predicted molar refractivity (Wildman–Crippen MR) is 220 cm³/mol. The summed E-state index contributed by atoms with van der Waals surface area (Å²) in [5, 5.41) is 0. The molecule has 0 atom stereocenters. The van der Waals surface area contributed by atoms with Crippen LogP contribution >= 0.6 is 0 Å². The van der Waals surface area contributed by atoms with Crippen molar-refractivity contribution in [3.8, 4) is 79.7 Å². The van der Waals surface area contributed by atoms with Crippen molar-refractivity contribution in [3.63, 3.8) is 0 Å². The molecule has 0 aliphatic rings. The first kappa shape index (κ1) is 36.1. The maximum Gasteiger partial charge on any atom is 0.164 e. The largest absolute Gasteiger partial charge is 0.265 e. The third-order valence-corrected chi connectivity index (χ3v) is 9.03. The molecule has 0 unspecified atom stereocenters. The lowest BCUT2D eigenvalue weighted by Crippen LogP contribution is -2.18. The Morgan fingerprint density at radius 3 is 0.946 bits per heavy atom. The number of hydrogen-bond acceptors (Lipinski definition) is 10. The van der Waals surface area contributed by atoms with Gasteiger partial charge >= 0.3 is 0 Å². The van der Waals surface area contributed by atoms with E-state index in [1.807, 2.05) is 121 Å². The maximum absolute atomic E-state index is 5.03. The Hall–Kier alpha value is -6.94. The summed E-state index contributed by atoms with van der Waals surface area (Å²) in [6, 6.07) is 39.7. The monoisotopic (exact) mass is 732 g/mol. The smallest absolute Gasteiger partial charge is 0.164 e. The number of hydrogen-bond donors (Lipinski definition) is 0. The van der Waals surface area contributed by atoms with Gasteiger partial charge in [-0.2, -0.15) is 0 Å². The first-order chi connectivity index (χ1) is 27.0. The molecule has 274 valence electrons. The molecule has 0 N–H and O–H groups in total. The van der Waals surface area contributed by atoms with Crippen LogP contribution in [0, 0.1) is 0 Å². The van der Waals surface area contributed by atoms with E-state index in [1.165, 1.54) is 0 Å². The van der Waals surface area contributed by atoms with Gasteiger partial charge in [0, 0.05) is 62.2 Å². The zero-order chi connectivity index (χ0) is 38.9. The number of rotatable bonds is 7. The van der Waals surface area contributed by atoms with Crippen molar-refractivity contribution in [2.45, 2.75) is 52.4 Å². The summed E-state index contributed by atoms with van der Waals surface area (Å²) in [6.07, 6.45) is 3.46. The quantitative estimate of drug-likeness (QED) is 0.156. The number of pyridine rings is 1. The SMILES string of the molecule is CC(C)(C)c1nc(-c2ccccc2)nc(-c2ccc(-c3nc(-c4ccncc4)nc(-c4cccc(-c5nc(-c6ccccc6)nc(C(C)(C)C)n5)c4)n3)cc2)n1. The third-order valence-electron chi connectivity index (χ3n) is 9.03. The fourth-order valence-electron chi connectivity index (χ4n) is 5.94. The van der Waals surface area contributed by atoms with Gasteiger partial charge in [-0.15, -0.1) is 0 Å². The van der Waals surface area contributed by atoms with Gasteiger partial charge in [0.2, 0.25) is 0 Å². The molecule has 8 aromatic rings. The average molecular weight is 733 g/mol. The van der Waals surface area contributed by atoms with E-state index in [0.29, 0.717) is 46.6 Å². The van der Waals surface area contributed by atoms with E-state index in [9.17, 15) is 0 Å². The summed E-state index contributed by atoms with van der Waals surface area (Å²) in [4.78, 5) is 48.5. The minimum atomic E-state index is -0.292. The van der Waals surface area contributed by atoms with Gasteiger partial charge in [0.1, 0.15) is 11.6 Å². The lowest BCUT2D eigenvalue weighted by molar-refractivity contribution is 0.543. The number of aromatic nitrogens is 10. The van der Waals surface area contributed by atoms with Gasteiger partial charge in [-0.25, -0.2) is 44.9 Å². The Labute approximate surface area is 326 Å². The van der Waals surface area contributed by atoms with E-state index in [2.05, 4.69) is 46.5 Å². The topological polar surface area (TPSA) is 129 Å². The van der Waals surface area contributed by atoms with Crippen molar-refractivity contribution in [1.82, 2.24) is 49.8 Å². The summed E-state index contributed by atoms with van der Waals surface area (Å²) >= 11 is 0. The van der Waals surface area contributed by atoms with Gasteiger partial charge in [0.05, 0.1) is 0 Å². The van der Waals surface area contributed by atoms with Crippen LogP contribution in [-0.2, 0) is 10.8 Å². The molecular formula is C46H40N10. The molecule has 4 heterocycles. The van der Waals surface area contributed by atoms with Crippen LogP contribution in [0.3, 0.4) is 0 Å². The van der Waals surface area contributed by atoms with Crippen LogP contribution in [0.5, 0.6) is 0 Å². The van der Waals surface area contributed by atoms with Crippen molar-refractivity contribution in [2.75, 3.05) is 0 Å². The van der Waals surface area contributed by atoms with Crippen LogP contribution in [0.1, 0.15) is 53.2 Å². The van der Waals surface area contributed by atoms with E-state index in [0.717, 1.165) is 44.8 Å². The molecule has 8 rings (SSSR count). The minimum Gasteiger partial charge on any atom is -0.265 e. The van der Waals surface area contributed by atoms with E-state index in [4.69, 9.17) is 44.9 Å². The van der Waals surface area contributed by atoms with Gasteiger partial charge in [0.15, 0.2) is 40.8 Å². The molecule has 10 nitrogen and oxygen atoms in total. The second-order valence-corrected chi connectivity index (χ2v) is 15.5. The van der Waals surface area contributed by atoms with Crippen molar-refractivity contribution in [3.05, 3.63) is 145 Å². The molecule has 0 saturated carbocycles. The average Bonchev–Trinajstić information content (AvgIpc) is 3.23. The van der Waals surface area contributed by atoms with E-state index < -0.39 is 0 Å². The normalized spacial score (nSPS) is 11.8. The molecule has 0 amide bonds. The first-order valence-electron chi connectivity index (χ1n) is 18.5. The number of nitrogens with zero attached hydrogens (tertiary/aromatic N) is 10. The second kappa shape index (κ2) is 14.7. The van der Waals surface area contributed by atoms with Gasteiger partial charge in [-0.05, 0) is 18.2 Å². The summed E-state index contributed by atoms with van der Waals surface area (Å²) < 4.78 is 0. The summed E-state index contributed by atoms with van der Waals surface area (Å²) in [7, 11) is 0. The van der Waals surface area contributed by atoms with Gasteiger partial charge in [-0.3, -0.25) is 4.98 Å². The Morgan fingerprint density at radius 2 is 0.571 bits per heavy atom. The fourth-order valence-corrected chi connectivity index (χ4v) is 5.94. The highest BCUT2D eigenvalue weighted by molar-refractivity contribution is 5.72. The second-order valence-electron chi connectivity index (χ2n) is 15.5. The lowest BCUT2D eigenvalue weighted by atomic mass is 9.95. The Kier molecular flexibility index (Phi) is 9.47. The van der Waals surface area contributed by atoms with Gasteiger partial charge in [-0.1, -0.05) is 145 Å². The first-order valence-corrected chi connectivity index (χ1v) is 18.5. The molecule has 56 heavy (non-hydrogen) atoms. The molecule has 0 aliphatic carbocycles. The van der Waals surface area contributed by atoms with E-state index >= 15 is 0 Å². The zero-order valence-corrected chi connectivity index (χ0v) is 32.2. The van der Waals surface area contributed by atoms with Gasteiger partial charge in [0.25, 0.3) is 0 Å². The Balaban J connectivity index is 1.20. The molecule has 10 heteroatoms. The van der Waals surface area contributed by atoms with Crippen LogP contribution in [0.15, 0.2) is 134 Å². The highest BCUT2D eigenvalue weighted by Crippen LogP contribution is 2.31. The highest BCUT2D eigenvalue weighted by atomic mass is 15.1. The van der Waals surface area contributed by atoms with E-state index in [-0.39, 0.29) is 10.8 Å². The minimum absolute atomic E-state index is 0.272. The molecule has 0 radical (unpaired) electrons. The summed E-state index contributed by atoms with van der Waals surface area (Å²) in [5.74, 6) is 5.44. The molecule has 0 bridgehead atoms. The molecule has 4 aromatic carbocycles. The van der Waals surface area contributed by atoms with Crippen molar-refractivity contribution >= 4 is 0 Å². The number of benzene rings is 4. The van der Waals surface area contributed by atoms with E-state index in [1.54, 1.807) is 12.4 Å². The summed E-state index contributed by atoms with van der Waals surface area (Å²) in [6.45, 7) is 12.6. The molecular weight excluding hydrogens is 693 g/mol.